The van der Waals surface area contributed by atoms with Crippen molar-refractivity contribution in [3.05, 3.63) is 0 Å². The minimum absolute atomic E-state index is 0.0966. The highest BCUT2D eigenvalue weighted by Crippen LogP contribution is 2.30. The second-order valence-electron chi connectivity index (χ2n) is 4.30. The van der Waals surface area contributed by atoms with Crippen LogP contribution >= 0.6 is 0 Å². The summed E-state index contributed by atoms with van der Waals surface area (Å²) in [7, 11) is 0. The maximum absolute atomic E-state index is 11.8. The maximum Gasteiger partial charge on any atom is 0.327 e. The van der Waals surface area contributed by atoms with E-state index < -0.39 is 60.6 Å². The molecule has 0 radical (unpaired) electrons. The molecular weight excluding hydrogens is 278 g/mol. The molecule has 0 bridgehead atoms. The quantitative estimate of drug-likeness (QED) is 0.399. The molecule has 1 aliphatic rings. The number of carboxylic acid groups (broad SMARTS) is 3. The first-order valence-electron chi connectivity index (χ1n) is 5.34. The standard InChI is InChI=1S/C10H11NO9/c12-5-2-10(20,3-7(15)16)9(19)11(5)4(8(17)18)1-6(13)14/h4,20H,1-3H2,(H,13,14)(H,15,16)(H,17,18)/t4?,10-/m1/s1. The first kappa shape index (κ1) is 15.6. The van der Waals surface area contributed by atoms with Crippen LogP contribution in [-0.2, 0) is 24.0 Å². The van der Waals surface area contributed by atoms with Crippen LogP contribution in [0.3, 0.4) is 0 Å². The Morgan fingerprint density at radius 3 is 2.10 bits per heavy atom. The predicted molar refractivity (Wildman–Crippen MR) is 57.3 cm³/mol. The Balaban J connectivity index is 3.09. The number of carbonyl (C=O) groups is 5. The van der Waals surface area contributed by atoms with Gasteiger partial charge in [-0.05, 0) is 0 Å². The summed E-state index contributed by atoms with van der Waals surface area (Å²) in [6.45, 7) is 0. The van der Waals surface area contributed by atoms with Gasteiger partial charge in [0.25, 0.3) is 5.91 Å². The van der Waals surface area contributed by atoms with Crippen molar-refractivity contribution < 1.29 is 44.4 Å². The normalized spacial score (nSPS) is 23.8. The van der Waals surface area contributed by atoms with E-state index in [1.54, 1.807) is 0 Å². The molecule has 2 amide bonds. The number of imide groups is 1. The van der Waals surface area contributed by atoms with Gasteiger partial charge >= 0.3 is 17.9 Å². The molecule has 4 N–H and O–H groups in total. The Morgan fingerprint density at radius 1 is 1.15 bits per heavy atom. The fourth-order valence-electron chi connectivity index (χ4n) is 1.91. The molecule has 20 heavy (non-hydrogen) atoms. The van der Waals surface area contributed by atoms with Gasteiger partial charge in [0.2, 0.25) is 5.91 Å². The minimum Gasteiger partial charge on any atom is -0.481 e. The molecule has 0 aromatic heterocycles. The molecule has 0 aromatic carbocycles. The molecule has 1 aliphatic heterocycles. The van der Waals surface area contributed by atoms with E-state index in [1.165, 1.54) is 0 Å². The Hall–Kier alpha value is -2.49. The number of aliphatic carboxylic acids is 3. The van der Waals surface area contributed by atoms with Crippen molar-refractivity contribution in [1.29, 1.82) is 0 Å². The highest BCUT2D eigenvalue weighted by Gasteiger charge is 2.55. The van der Waals surface area contributed by atoms with Crippen LogP contribution in [0, 0.1) is 0 Å². The van der Waals surface area contributed by atoms with Crippen LogP contribution in [0.2, 0.25) is 0 Å². The monoisotopic (exact) mass is 289 g/mol. The molecule has 110 valence electrons. The molecule has 2 atom stereocenters. The topological polar surface area (TPSA) is 170 Å². The van der Waals surface area contributed by atoms with Gasteiger partial charge in [-0.25, -0.2) is 4.79 Å². The highest BCUT2D eigenvalue weighted by molar-refractivity contribution is 6.11. The molecule has 1 heterocycles. The van der Waals surface area contributed by atoms with Crippen LogP contribution < -0.4 is 0 Å². The Labute approximate surface area is 111 Å². The van der Waals surface area contributed by atoms with E-state index in [-0.39, 0.29) is 4.90 Å². The Bertz CT molecular complexity index is 499. The van der Waals surface area contributed by atoms with E-state index >= 15 is 0 Å². The summed E-state index contributed by atoms with van der Waals surface area (Å²) in [6, 6.07) is -1.99. The maximum atomic E-state index is 11.8. The van der Waals surface area contributed by atoms with Crippen molar-refractivity contribution in [2.24, 2.45) is 0 Å². The lowest BCUT2D eigenvalue weighted by Gasteiger charge is -2.23. The van der Waals surface area contributed by atoms with Crippen LogP contribution in [-0.4, -0.2) is 66.7 Å². The number of nitrogens with zero attached hydrogens (tertiary/aromatic N) is 1. The van der Waals surface area contributed by atoms with Gasteiger partial charge in [-0.1, -0.05) is 0 Å². The summed E-state index contributed by atoms with van der Waals surface area (Å²) in [5, 5.41) is 35.8. The van der Waals surface area contributed by atoms with Gasteiger partial charge in [-0.2, -0.15) is 0 Å². The van der Waals surface area contributed by atoms with Crippen molar-refractivity contribution in [2.45, 2.75) is 30.9 Å². The lowest BCUT2D eigenvalue weighted by atomic mass is 9.98. The van der Waals surface area contributed by atoms with Crippen LogP contribution in [0.4, 0.5) is 0 Å². The van der Waals surface area contributed by atoms with Gasteiger partial charge < -0.3 is 20.4 Å². The summed E-state index contributed by atoms with van der Waals surface area (Å²) in [6.07, 6.45) is -3.02. The third kappa shape index (κ3) is 2.91. The zero-order valence-corrected chi connectivity index (χ0v) is 9.98. The predicted octanol–water partition coefficient (Wildman–Crippen LogP) is -2.12. The van der Waals surface area contributed by atoms with E-state index in [1.807, 2.05) is 0 Å². The number of carboxylic acids is 3. The van der Waals surface area contributed by atoms with Crippen LogP contribution in [0.25, 0.3) is 0 Å². The molecule has 1 fully saturated rings. The third-order valence-corrected chi connectivity index (χ3v) is 2.74. The van der Waals surface area contributed by atoms with Crippen molar-refractivity contribution in [3.8, 4) is 0 Å². The fraction of sp³-hybridized carbons (Fsp3) is 0.500. The summed E-state index contributed by atoms with van der Waals surface area (Å²) in [4.78, 5) is 55.6. The van der Waals surface area contributed by atoms with E-state index in [4.69, 9.17) is 15.3 Å². The van der Waals surface area contributed by atoms with E-state index in [0.717, 1.165) is 0 Å². The second kappa shape index (κ2) is 5.25. The van der Waals surface area contributed by atoms with Crippen molar-refractivity contribution in [3.63, 3.8) is 0 Å². The average Bonchev–Trinajstić information content (AvgIpc) is 2.45. The molecule has 1 rings (SSSR count). The van der Waals surface area contributed by atoms with E-state index in [2.05, 4.69) is 0 Å². The molecule has 1 unspecified atom stereocenters. The molecule has 1 saturated heterocycles. The molecular formula is C10H11NO9. The Kier molecular flexibility index (Phi) is 4.08. The van der Waals surface area contributed by atoms with Crippen molar-refractivity contribution >= 4 is 29.7 Å². The van der Waals surface area contributed by atoms with Crippen LogP contribution in [0.1, 0.15) is 19.3 Å². The van der Waals surface area contributed by atoms with E-state index in [0.29, 0.717) is 0 Å². The van der Waals surface area contributed by atoms with Gasteiger partial charge in [-0.15, -0.1) is 0 Å². The first-order valence-corrected chi connectivity index (χ1v) is 5.34. The largest absolute Gasteiger partial charge is 0.481 e. The van der Waals surface area contributed by atoms with Gasteiger partial charge in [0.05, 0.1) is 19.3 Å². The molecule has 0 spiro atoms. The SMILES string of the molecule is O=C(O)CC(C(=O)O)N1C(=O)C[C@@](O)(CC(=O)O)C1=O. The number of aliphatic hydroxyl groups is 1. The number of rotatable bonds is 6. The molecule has 0 aromatic rings. The van der Waals surface area contributed by atoms with Crippen LogP contribution in [0.15, 0.2) is 0 Å². The molecule has 10 nitrogen and oxygen atoms in total. The summed E-state index contributed by atoms with van der Waals surface area (Å²) < 4.78 is 0. The van der Waals surface area contributed by atoms with E-state index in [9.17, 15) is 29.1 Å². The fourth-order valence-corrected chi connectivity index (χ4v) is 1.91. The highest BCUT2D eigenvalue weighted by atomic mass is 16.4. The number of hydrogen-bond donors (Lipinski definition) is 4. The van der Waals surface area contributed by atoms with Gasteiger partial charge in [-0.3, -0.25) is 24.1 Å². The zero-order chi connectivity index (χ0) is 15.7. The summed E-state index contributed by atoms with van der Waals surface area (Å²) in [5.74, 6) is -7.41. The lowest BCUT2D eigenvalue weighted by Crippen LogP contribution is -2.49. The summed E-state index contributed by atoms with van der Waals surface area (Å²) in [5.41, 5.74) is -2.55. The third-order valence-electron chi connectivity index (χ3n) is 2.74. The van der Waals surface area contributed by atoms with Crippen molar-refractivity contribution in [2.75, 3.05) is 0 Å². The van der Waals surface area contributed by atoms with Gasteiger partial charge in [0, 0.05) is 0 Å². The van der Waals surface area contributed by atoms with Gasteiger partial charge in [0.1, 0.15) is 6.04 Å². The number of likely N-dealkylation sites (tertiary alicyclic amines) is 1. The minimum atomic E-state index is -2.55. The molecule has 0 aliphatic carbocycles. The Morgan fingerprint density at radius 2 is 1.70 bits per heavy atom. The van der Waals surface area contributed by atoms with Gasteiger partial charge in [0.15, 0.2) is 5.60 Å². The van der Waals surface area contributed by atoms with Crippen LogP contribution in [0.5, 0.6) is 0 Å². The smallest absolute Gasteiger partial charge is 0.327 e. The number of amides is 2. The molecule has 0 saturated carbocycles. The molecule has 10 heteroatoms. The van der Waals surface area contributed by atoms with Crippen molar-refractivity contribution in [1.82, 2.24) is 4.90 Å². The summed E-state index contributed by atoms with van der Waals surface area (Å²) >= 11 is 0. The lowest BCUT2D eigenvalue weighted by molar-refractivity contribution is -0.162. The first-order chi connectivity index (χ1) is 9.08. The zero-order valence-electron chi connectivity index (χ0n) is 9.98. The average molecular weight is 289 g/mol. The number of carbonyl (C=O) groups excluding carboxylic acids is 2. The second-order valence-corrected chi connectivity index (χ2v) is 4.30. The number of hydrogen-bond acceptors (Lipinski definition) is 6.